The van der Waals surface area contributed by atoms with Gasteiger partial charge in [0.1, 0.15) is 12.6 Å². The monoisotopic (exact) mass is 240 g/mol. The predicted molar refractivity (Wildman–Crippen MR) is 62.4 cm³/mol. The molecule has 2 rings (SSSR count). The van der Waals surface area contributed by atoms with E-state index < -0.39 is 0 Å². The highest BCUT2D eigenvalue weighted by Crippen LogP contribution is 2.27. The molecule has 2 fully saturated rings. The van der Waals surface area contributed by atoms with Crippen molar-refractivity contribution in [2.75, 3.05) is 19.8 Å². The standard InChI is InChI=1S/C12H20N2O3/c1-3-9-11(16)14(7-10(15)13-9)12(2)5-4-6-17-8-12/h9H,3-8H2,1-2H3,(H,13,15). The van der Waals surface area contributed by atoms with Crippen molar-refractivity contribution in [2.45, 2.75) is 44.7 Å². The van der Waals surface area contributed by atoms with Gasteiger partial charge in [-0.3, -0.25) is 9.59 Å². The highest BCUT2D eigenvalue weighted by molar-refractivity contribution is 5.95. The summed E-state index contributed by atoms with van der Waals surface area (Å²) < 4.78 is 5.47. The molecule has 0 aliphatic carbocycles. The lowest BCUT2D eigenvalue weighted by Crippen LogP contribution is -2.66. The molecule has 0 radical (unpaired) electrons. The Balaban J connectivity index is 2.17. The van der Waals surface area contributed by atoms with Gasteiger partial charge in [-0.25, -0.2) is 0 Å². The average molecular weight is 240 g/mol. The van der Waals surface area contributed by atoms with Gasteiger partial charge in [0.05, 0.1) is 12.1 Å². The molecule has 1 N–H and O–H groups in total. The molecule has 5 heteroatoms. The first kappa shape index (κ1) is 12.4. The number of piperazine rings is 1. The van der Waals surface area contributed by atoms with Crippen LogP contribution in [-0.4, -0.2) is 48.1 Å². The Morgan fingerprint density at radius 2 is 2.29 bits per heavy atom. The van der Waals surface area contributed by atoms with E-state index in [1.165, 1.54) is 0 Å². The van der Waals surface area contributed by atoms with Crippen LogP contribution < -0.4 is 5.32 Å². The van der Waals surface area contributed by atoms with Crippen molar-refractivity contribution in [3.8, 4) is 0 Å². The Morgan fingerprint density at radius 1 is 1.53 bits per heavy atom. The smallest absolute Gasteiger partial charge is 0.246 e. The minimum Gasteiger partial charge on any atom is -0.379 e. The molecule has 5 nitrogen and oxygen atoms in total. The summed E-state index contributed by atoms with van der Waals surface area (Å²) in [4.78, 5) is 25.6. The van der Waals surface area contributed by atoms with Crippen molar-refractivity contribution in [3.63, 3.8) is 0 Å². The lowest BCUT2D eigenvalue weighted by atomic mass is 9.90. The maximum atomic E-state index is 12.3. The van der Waals surface area contributed by atoms with E-state index in [9.17, 15) is 9.59 Å². The number of amides is 2. The zero-order valence-corrected chi connectivity index (χ0v) is 10.5. The number of nitrogens with zero attached hydrogens (tertiary/aromatic N) is 1. The third kappa shape index (κ3) is 2.29. The zero-order valence-electron chi connectivity index (χ0n) is 10.5. The van der Waals surface area contributed by atoms with Gasteiger partial charge in [0.25, 0.3) is 0 Å². The Kier molecular flexibility index (Phi) is 3.38. The molecule has 0 aromatic rings. The maximum Gasteiger partial charge on any atom is 0.246 e. The van der Waals surface area contributed by atoms with Gasteiger partial charge in [-0.15, -0.1) is 0 Å². The van der Waals surface area contributed by atoms with Crippen molar-refractivity contribution in [1.82, 2.24) is 10.2 Å². The molecule has 2 aliphatic heterocycles. The molecule has 0 spiro atoms. The molecule has 2 aliphatic rings. The normalized spacial score (nSPS) is 34.7. The van der Waals surface area contributed by atoms with Crippen LogP contribution in [0.4, 0.5) is 0 Å². The van der Waals surface area contributed by atoms with E-state index in [4.69, 9.17) is 4.74 Å². The van der Waals surface area contributed by atoms with Crippen LogP contribution in [0, 0.1) is 0 Å². The molecule has 0 aromatic carbocycles. The van der Waals surface area contributed by atoms with Crippen molar-refractivity contribution < 1.29 is 14.3 Å². The summed E-state index contributed by atoms with van der Waals surface area (Å²) in [7, 11) is 0. The zero-order chi connectivity index (χ0) is 12.5. The molecule has 0 saturated carbocycles. The minimum atomic E-state index is -0.366. The summed E-state index contributed by atoms with van der Waals surface area (Å²) in [5.74, 6) is -0.0386. The molecule has 2 heterocycles. The second kappa shape index (κ2) is 4.64. The number of carbonyl (C=O) groups excluding carboxylic acids is 2. The van der Waals surface area contributed by atoms with Crippen LogP contribution >= 0.6 is 0 Å². The molecule has 2 saturated heterocycles. The van der Waals surface area contributed by atoms with Crippen molar-refractivity contribution in [1.29, 1.82) is 0 Å². The summed E-state index contributed by atoms with van der Waals surface area (Å²) in [5, 5.41) is 2.73. The number of carbonyl (C=O) groups is 2. The first-order chi connectivity index (χ1) is 8.07. The highest BCUT2D eigenvalue weighted by atomic mass is 16.5. The summed E-state index contributed by atoms with van der Waals surface area (Å²) in [6.45, 7) is 5.36. The fourth-order valence-electron chi connectivity index (χ4n) is 2.58. The fourth-order valence-corrected chi connectivity index (χ4v) is 2.58. The number of hydrogen-bond acceptors (Lipinski definition) is 3. The molecule has 0 aromatic heterocycles. The van der Waals surface area contributed by atoms with E-state index in [0.29, 0.717) is 13.0 Å². The SMILES string of the molecule is CCC1NC(=O)CN(C2(C)CCCOC2)C1=O. The first-order valence-corrected chi connectivity index (χ1v) is 6.25. The number of rotatable bonds is 2. The summed E-state index contributed by atoms with van der Waals surface area (Å²) in [6.07, 6.45) is 2.49. The van der Waals surface area contributed by atoms with Crippen LogP contribution in [-0.2, 0) is 14.3 Å². The van der Waals surface area contributed by atoms with Gasteiger partial charge in [0.15, 0.2) is 0 Å². The van der Waals surface area contributed by atoms with Crippen LogP contribution in [0.3, 0.4) is 0 Å². The first-order valence-electron chi connectivity index (χ1n) is 6.25. The third-order valence-electron chi connectivity index (χ3n) is 3.68. The quantitative estimate of drug-likeness (QED) is 0.755. The number of nitrogens with one attached hydrogen (secondary N) is 1. The van der Waals surface area contributed by atoms with Gasteiger partial charge in [-0.2, -0.15) is 0 Å². The molecular formula is C12H20N2O3. The van der Waals surface area contributed by atoms with Gasteiger partial charge in [0, 0.05) is 6.61 Å². The molecular weight excluding hydrogens is 220 g/mol. The molecule has 0 bridgehead atoms. The Morgan fingerprint density at radius 3 is 2.88 bits per heavy atom. The largest absolute Gasteiger partial charge is 0.379 e. The van der Waals surface area contributed by atoms with E-state index in [1.54, 1.807) is 4.90 Å². The van der Waals surface area contributed by atoms with E-state index in [1.807, 2.05) is 13.8 Å². The topological polar surface area (TPSA) is 58.6 Å². The molecule has 96 valence electrons. The molecule has 17 heavy (non-hydrogen) atoms. The molecule has 2 unspecified atom stereocenters. The van der Waals surface area contributed by atoms with Crippen molar-refractivity contribution >= 4 is 11.8 Å². The van der Waals surface area contributed by atoms with Crippen LogP contribution in [0.15, 0.2) is 0 Å². The van der Waals surface area contributed by atoms with Gasteiger partial charge < -0.3 is 15.0 Å². The van der Waals surface area contributed by atoms with E-state index in [2.05, 4.69) is 5.32 Å². The van der Waals surface area contributed by atoms with E-state index in [0.717, 1.165) is 19.4 Å². The van der Waals surface area contributed by atoms with E-state index in [-0.39, 0.29) is 29.9 Å². The second-order valence-corrected chi connectivity index (χ2v) is 5.11. The van der Waals surface area contributed by atoms with E-state index >= 15 is 0 Å². The average Bonchev–Trinajstić information content (AvgIpc) is 2.32. The highest BCUT2D eigenvalue weighted by Gasteiger charge is 2.43. The summed E-state index contributed by atoms with van der Waals surface area (Å²) in [5.41, 5.74) is -0.319. The van der Waals surface area contributed by atoms with Crippen LogP contribution in [0.5, 0.6) is 0 Å². The lowest BCUT2D eigenvalue weighted by molar-refractivity contribution is -0.155. The summed E-state index contributed by atoms with van der Waals surface area (Å²) in [6, 6.07) is -0.366. The lowest BCUT2D eigenvalue weighted by Gasteiger charge is -2.46. The van der Waals surface area contributed by atoms with Crippen LogP contribution in [0.2, 0.25) is 0 Å². The van der Waals surface area contributed by atoms with Crippen molar-refractivity contribution in [2.24, 2.45) is 0 Å². The number of ether oxygens (including phenoxy) is 1. The van der Waals surface area contributed by atoms with Crippen LogP contribution in [0.1, 0.15) is 33.1 Å². The number of hydrogen-bond donors (Lipinski definition) is 1. The Bertz CT molecular complexity index is 324. The second-order valence-electron chi connectivity index (χ2n) is 5.11. The third-order valence-corrected chi connectivity index (χ3v) is 3.68. The predicted octanol–water partition coefficient (Wildman–Crippen LogP) is 0.292. The Hall–Kier alpha value is -1.10. The van der Waals surface area contributed by atoms with Gasteiger partial charge in [-0.05, 0) is 26.2 Å². The maximum absolute atomic E-state index is 12.3. The summed E-state index contributed by atoms with van der Waals surface area (Å²) >= 11 is 0. The Labute approximate surface area is 101 Å². The van der Waals surface area contributed by atoms with Crippen molar-refractivity contribution in [3.05, 3.63) is 0 Å². The molecule has 2 amide bonds. The minimum absolute atomic E-state index is 0.0279. The van der Waals surface area contributed by atoms with Crippen LogP contribution in [0.25, 0.3) is 0 Å². The van der Waals surface area contributed by atoms with Gasteiger partial charge in [0.2, 0.25) is 11.8 Å². The fraction of sp³-hybridized carbons (Fsp3) is 0.833. The van der Waals surface area contributed by atoms with Gasteiger partial charge >= 0.3 is 0 Å². The molecule has 2 atom stereocenters. The van der Waals surface area contributed by atoms with Gasteiger partial charge in [-0.1, -0.05) is 6.92 Å².